The molecule has 0 saturated carbocycles. The number of fused-ring (bicyclic) bond motifs is 2. The fourth-order valence-corrected chi connectivity index (χ4v) is 4.97. The van der Waals surface area contributed by atoms with E-state index in [1.54, 1.807) is 18.5 Å². The summed E-state index contributed by atoms with van der Waals surface area (Å²) in [6.07, 6.45) is 5.71. The second-order valence-electron chi connectivity index (χ2n) is 8.10. The van der Waals surface area contributed by atoms with E-state index in [-0.39, 0.29) is 11.3 Å². The maximum Gasteiger partial charge on any atom is 0.274 e. The molecule has 2 unspecified atom stereocenters. The molecule has 2 fully saturated rings. The second kappa shape index (κ2) is 6.90. The van der Waals surface area contributed by atoms with Crippen molar-refractivity contribution in [1.82, 2.24) is 19.6 Å². The van der Waals surface area contributed by atoms with Crippen LogP contribution in [0.4, 0.5) is 0 Å². The molecule has 3 aromatic rings. The van der Waals surface area contributed by atoms with Crippen LogP contribution in [0.2, 0.25) is 5.02 Å². The summed E-state index contributed by atoms with van der Waals surface area (Å²) in [6, 6.07) is 14.3. The van der Waals surface area contributed by atoms with E-state index >= 15 is 0 Å². The van der Waals surface area contributed by atoms with Crippen LogP contribution in [0, 0.1) is 11.3 Å². The molecule has 5 rings (SSSR count). The van der Waals surface area contributed by atoms with Crippen molar-refractivity contribution >= 4 is 23.2 Å². The lowest BCUT2D eigenvalue weighted by atomic mass is 9.76. The van der Waals surface area contributed by atoms with Crippen molar-refractivity contribution in [2.24, 2.45) is 11.3 Å². The monoisotopic (exact) mass is 394 g/mol. The van der Waals surface area contributed by atoms with E-state index in [0.717, 1.165) is 44.7 Å². The number of amides is 1. The second-order valence-corrected chi connectivity index (χ2v) is 8.54. The number of halogens is 1. The molecule has 1 aromatic carbocycles. The Morgan fingerprint density at radius 2 is 2.07 bits per heavy atom. The summed E-state index contributed by atoms with van der Waals surface area (Å²) in [5.74, 6) is 0.528. The molecule has 2 aliphatic rings. The Balaban J connectivity index is 1.34. The van der Waals surface area contributed by atoms with E-state index in [1.807, 2.05) is 15.4 Å². The number of likely N-dealkylation sites (tertiary alicyclic amines) is 1. The molecule has 0 radical (unpaired) electrons. The van der Waals surface area contributed by atoms with Crippen molar-refractivity contribution in [3.8, 4) is 0 Å². The van der Waals surface area contributed by atoms with Gasteiger partial charge >= 0.3 is 0 Å². The number of carbonyl (C=O) groups is 1. The molecule has 1 amide bonds. The third-order valence-electron chi connectivity index (χ3n) is 6.36. The number of hydrogen-bond donors (Lipinski definition) is 1. The van der Waals surface area contributed by atoms with E-state index in [2.05, 4.69) is 40.6 Å². The number of rotatable bonds is 4. The summed E-state index contributed by atoms with van der Waals surface area (Å²) in [5, 5.41) is 4.19. The summed E-state index contributed by atoms with van der Waals surface area (Å²) in [4.78, 5) is 19.7. The fourth-order valence-electron chi connectivity index (χ4n) is 4.80. The first-order valence-corrected chi connectivity index (χ1v) is 10.2. The highest BCUT2D eigenvalue weighted by atomic mass is 35.5. The van der Waals surface area contributed by atoms with E-state index < -0.39 is 0 Å². The number of nitrogens with one attached hydrogen (secondary N) is 1. The predicted molar refractivity (Wildman–Crippen MR) is 110 cm³/mol. The molecule has 0 spiro atoms. The molecule has 2 saturated heterocycles. The Morgan fingerprint density at radius 1 is 1.21 bits per heavy atom. The van der Waals surface area contributed by atoms with Crippen LogP contribution < -0.4 is 5.32 Å². The number of hydrogen-bond acceptors (Lipinski definition) is 3. The lowest BCUT2D eigenvalue weighted by molar-refractivity contribution is 0.0764. The molecular formula is C22H23ClN4O. The van der Waals surface area contributed by atoms with Gasteiger partial charge in [0.05, 0.1) is 5.02 Å². The summed E-state index contributed by atoms with van der Waals surface area (Å²) in [7, 11) is 0. The minimum Gasteiger partial charge on any atom is -0.336 e. The number of pyridine rings is 1. The van der Waals surface area contributed by atoms with Crippen LogP contribution in [0.3, 0.4) is 0 Å². The normalized spacial score (nSPS) is 24.0. The van der Waals surface area contributed by atoms with Gasteiger partial charge in [0.15, 0.2) is 0 Å². The quantitative estimate of drug-likeness (QED) is 0.738. The summed E-state index contributed by atoms with van der Waals surface area (Å²) < 4.78 is 1.82. The first kappa shape index (κ1) is 17.7. The van der Waals surface area contributed by atoms with Gasteiger partial charge in [-0.25, -0.2) is 4.98 Å². The Kier molecular flexibility index (Phi) is 4.37. The van der Waals surface area contributed by atoms with Gasteiger partial charge in [-0.05, 0) is 36.5 Å². The first-order valence-electron chi connectivity index (χ1n) is 9.81. The van der Waals surface area contributed by atoms with Gasteiger partial charge in [-0.3, -0.25) is 4.79 Å². The van der Waals surface area contributed by atoms with E-state index in [4.69, 9.17) is 11.6 Å². The van der Waals surface area contributed by atoms with Crippen molar-refractivity contribution in [2.75, 3.05) is 26.2 Å². The fraction of sp³-hybridized carbons (Fsp3) is 0.364. The molecule has 0 aliphatic carbocycles. The maximum atomic E-state index is 13.1. The van der Waals surface area contributed by atoms with E-state index in [0.29, 0.717) is 16.6 Å². The number of nitrogens with zero attached hydrogens (tertiary/aromatic N) is 3. The average molecular weight is 395 g/mol. The lowest BCUT2D eigenvalue weighted by Gasteiger charge is -2.28. The number of benzene rings is 1. The third-order valence-corrected chi connectivity index (χ3v) is 6.58. The first-order chi connectivity index (χ1) is 13.6. The van der Waals surface area contributed by atoms with Crippen molar-refractivity contribution < 1.29 is 4.79 Å². The Hall–Kier alpha value is -2.37. The van der Waals surface area contributed by atoms with Crippen LogP contribution in [0.5, 0.6) is 0 Å². The van der Waals surface area contributed by atoms with Crippen molar-refractivity contribution in [3.05, 3.63) is 71.1 Å². The molecule has 0 bridgehead atoms. The Morgan fingerprint density at radius 3 is 2.93 bits per heavy atom. The minimum absolute atomic E-state index is 0.0216. The summed E-state index contributed by atoms with van der Waals surface area (Å²) in [5.41, 5.74) is 2.76. The maximum absolute atomic E-state index is 13.1. The lowest BCUT2D eigenvalue weighted by Crippen LogP contribution is -2.36. The molecule has 4 heterocycles. The molecular weight excluding hydrogens is 372 g/mol. The van der Waals surface area contributed by atoms with Gasteiger partial charge in [-0.1, -0.05) is 41.9 Å². The molecule has 6 heteroatoms. The van der Waals surface area contributed by atoms with Crippen LogP contribution in [0.15, 0.2) is 54.9 Å². The van der Waals surface area contributed by atoms with E-state index in [1.165, 1.54) is 5.56 Å². The third kappa shape index (κ3) is 3.09. The van der Waals surface area contributed by atoms with Crippen LogP contribution in [-0.2, 0) is 6.42 Å². The number of aromatic nitrogens is 2. The highest BCUT2D eigenvalue weighted by Crippen LogP contribution is 2.43. The summed E-state index contributed by atoms with van der Waals surface area (Å²) >= 11 is 6.05. The standard InChI is InChI=1S/C22H23ClN4O/c23-18-6-7-20-25-19(13-26(20)12-18)21(28)27-11-17-10-24-14-22(17,15-27)9-8-16-4-2-1-3-5-16/h1-7,12-13,17,24H,8-11,14-15H2. The molecule has 2 aromatic heterocycles. The highest BCUT2D eigenvalue weighted by molar-refractivity contribution is 6.30. The van der Waals surface area contributed by atoms with Crippen LogP contribution >= 0.6 is 11.6 Å². The molecule has 2 aliphatic heterocycles. The van der Waals surface area contributed by atoms with Crippen molar-refractivity contribution in [2.45, 2.75) is 12.8 Å². The van der Waals surface area contributed by atoms with Gasteiger partial charge < -0.3 is 14.6 Å². The van der Waals surface area contributed by atoms with Gasteiger partial charge in [0.2, 0.25) is 0 Å². The Labute approximate surface area is 169 Å². The Bertz CT molecular complexity index is 1020. The average Bonchev–Trinajstić information content (AvgIpc) is 3.38. The zero-order valence-electron chi connectivity index (χ0n) is 15.6. The van der Waals surface area contributed by atoms with E-state index in [9.17, 15) is 4.79 Å². The van der Waals surface area contributed by atoms with Gasteiger partial charge in [0, 0.05) is 44.0 Å². The van der Waals surface area contributed by atoms with Gasteiger partial charge in [0.1, 0.15) is 11.3 Å². The summed E-state index contributed by atoms with van der Waals surface area (Å²) in [6.45, 7) is 3.56. The molecule has 2 atom stereocenters. The zero-order valence-corrected chi connectivity index (χ0v) is 16.4. The highest BCUT2D eigenvalue weighted by Gasteiger charge is 2.50. The van der Waals surface area contributed by atoms with Gasteiger partial charge in [-0.15, -0.1) is 0 Å². The van der Waals surface area contributed by atoms with Crippen LogP contribution in [0.1, 0.15) is 22.5 Å². The minimum atomic E-state index is 0.0216. The van der Waals surface area contributed by atoms with Gasteiger partial charge in [0.25, 0.3) is 5.91 Å². The van der Waals surface area contributed by atoms with Crippen molar-refractivity contribution in [1.29, 1.82) is 0 Å². The number of carbonyl (C=O) groups excluding carboxylic acids is 1. The van der Waals surface area contributed by atoms with Crippen LogP contribution in [0.25, 0.3) is 5.65 Å². The largest absolute Gasteiger partial charge is 0.336 e. The van der Waals surface area contributed by atoms with Crippen LogP contribution in [-0.4, -0.2) is 46.4 Å². The molecule has 28 heavy (non-hydrogen) atoms. The zero-order chi connectivity index (χ0) is 19.1. The predicted octanol–water partition coefficient (Wildman–Crippen LogP) is 3.28. The number of aryl methyl sites for hydroxylation is 1. The number of imidazole rings is 1. The molecule has 5 nitrogen and oxygen atoms in total. The topological polar surface area (TPSA) is 49.6 Å². The SMILES string of the molecule is O=C(c1cn2cc(Cl)ccc2n1)N1CC2CNCC2(CCc2ccccc2)C1. The van der Waals surface area contributed by atoms with Crippen molar-refractivity contribution in [3.63, 3.8) is 0 Å². The smallest absolute Gasteiger partial charge is 0.274 e. The molecule has 144 valence electrons. The molecule has 1 N–H and O–H groups in total. The van der Waals surface area contributed by atoms with Gasteiger partial charge in [-0.2, -0.15) is 0 Å².